The number of benzene rings is 8. The molecular formula is C45H27N3O. The van der Waals surface area contributed by atoms with E-state index in [0.29, 0.717) is 17.5 Å². The maximum absolute atomic E-state index is 6.52. The molecule has 0 radical (unpaired) electrons. The van der Waals surface area contributed by atoms with Gasteiger partial charge in [-0.15, -0.1) is 0 Å². The van der Waals surface area contributed by atoms with Crippen molar-refractivity contribution >= 4 is 54.3 Å². The smallest absolute Gasteiger partial charge is 0.165 e. The van der Waals surface area contributed by atoms with E-state index in [-0.39, 0.29) is 0 Å². The molecule has 2 heterocycles. The highest BCUT2D eigenvalue weighted by molar-refractivity contribution is 6.21. The van der Waals surface area contributed by atoms with Gasteiger partial charge in [-0.1, -0.05) is 140 Å². The third-order valence-corrected chi connectivity index (χ3v) is 9.48. The van der Waals surface area contributed by atoms with Gasteiger partial charge in [-0.25, -0.2) is 15.0 Å². The topological polar surface area (TPSA) is 51.8 Å². The first-order chi connectivity index (χ1) is 24.3. The molecule has 0 saturated carbocycles. The van der Waals surface area contributed by atoms with Crippen LogP contribution in [-0.4, -0.2) is 15.0 Å². The summed E-state index contributed by atoms with van der Waals surface area (Å²) in [6.45, 7) is 0. The van der Waals surface area contributed by atoms with Crippen LogP contribution in [0, 0.1) is 0 Å². The summed E-state index contributed by atoms with van der Waals surface area (Å²) in [5.41, 5.74) is 6.90. The Morgan fingerprint density at radius 3 is 1.37 bits per heavy atom. The molecule has 2 aromatic heterocycles. The molecule has 0 saturated heterocycles. The van der Waals surface area contributed by atoms with Gasteiger partial charge in [0.05, 0.1) is 0 Å². The first-order valence-corrected chi connectivity index (χ1v) is 16.4. The van der Waals surface area contributed by atoms with Crippen LogP contribution in [0.3, 0.4) is 0 Å². The minimum atomic E-state index is 0.643. The molecule has 228 valence electrons. The van der Waals surface area contributed by atoms with Crippen LogP contribution in [0.25, 0.3) is 99.5 Å². The fourth-order valence-corrected chi connectivity index (χ4v) is 7.22. The molecule has 0 aliphatic heterocycles. The fraction of sp³-hybridized carbons (Fsp3) is 0. The Labute approximate surface area is 282 Å². The van der Waals surface area contributed by atoms with E-state index in [0.717, 1.165) is 71.3 Å². The molecule has 0 aliphatic carbocycles. The van der Waals surface area contributed by atoms with Crippen molar-refractivity contribution in [3.8, 4) is 45.3 Å². The summed E-state index contributed by atoms with van der Waals surface area (Å²) in [4.78, 5) is 15.3. The van der Waals surface area contributed by atoms with E-state index in [2.05, 4.69) is 103 Å². The molecule has 49 heavy (non-hydrogen) atoms. The lowest BCUT2D eigenvalue weighted by Gasteiger charge is -2.17. The summed E-state index contributed by atoms with van der Waals surface area (Å²) in [5.74, 6) is 1.93. The Balaban J connectivity index is 1.24. The van der Waals surface area contributed by atoms with Gasteiger partial charge in [-0.05, 0) is 67.7 Å². The molecule has 0 atom stereocenters. The molecule has 0 N–H and O–H groups in total. The Hall–Kier alpha value is -6.65. The molecule has 0 amide bonds. The van der Waals surface area contributed by atoms with Crippen LogP contribution in [0.15, 0.2) is 168 Å². The van der Waals surface area contributed by atoms with Gasteiger partial charge in [0, 0.05) is 27.5 Å². The predicted molar refractivity (Wildman–Crippen MR) is 201 cm³/mol. The van der Waals surface area contributed by atoms with Crippen molar-refractivity contribution < 1.29 is 4.42 Å². The van der Waals surface area contributed by atoms with Crippen LogP contribution >= 0.6 is 0 Å². The average molecular weight is 626 g/mol. The summed E-state index contributed by atoms with van der Waals surface area (Å²) in [7, 11) is 0. The lowest BCUT2D eigenvalue weighted by Crippen LogP contribution is -2.01. The second-order valence-corrected chi connectivity index (χ2v) is 12.4. The first-order valence-electron chi connectivity index (χ1n) is 16.4. The van der Waals surface area contributed by atoms with E-state index in [1.165, 1.54) is 10.8 Å². The standard InChI is InChI=1S/C45H27N3O/c1-3-13-28(14-4-1)43-46-44(29-15-5-2-6-16-29)48-45(47-43)42-36-21-11-9-19-34(36)41(35-20-10-12-22-37(35)42)32-23-24-33-38-25-30-17-7-8-18-31(30)26-40(38)49-39(33)27-32/h1-27H. The van der Waals surface area contributed by atoms with Crippen molar-refractivity contribution in [1.82, 2.24) is 15.0 Å². The van der Waals surface area contributed by atoms with Gasteiger partial charge in [-0.2, -0.15) is 0 Å². The summed E-state index contributed by atoms with van der Waals surface area (Å²) in [6, 6.07) is 56.8. The minimum absolute atomic E-state index is 0.643. The summed E-state index contributed by atoms with van der Waals surface area (Å²) < 4.78 is 6.52. The van der Waals surface area contributed by atoms with E-state index < -0.39 is 0 Å². The van der Waals surface area contributed by atoms with Crippen LogP contribution in [0.4, 0.5) is 0 Å². The maximum atomic E-state index is 6.52. The van der Waals surface area contributed by atoms with Gasteiger partial charge in [0.25, 0.3) is 0 Å². The van der Waals surface area contributed by atoms with Gasteiger partial charge in [-0.3, -0.25) is 0 Å². The van der Waals surface area contributed by atoms with Gasteiger partial charge in [0.2, 0.25) is 0 Å². The largest absolute Gasteiger partial charge is 0.456 e. The van der Waals surface area contributed by atoms with E-state index in [1.807, 2.05) is 60.7 Å². The highest BCUT2D eigenvalue weighted by atomic mass is 16.3. The zero-order valence-electron chi connectivity index (χ0n) is 26.3. The SMILES string of the molecule is c1ccc(-c2nc(-c3ccccc3)nc(-c3c4ccccc4c(-c4ccc5c(c4)oc4cc6ccccc6cc45)c4ccccc34)n2)cc1. The summed E-state index contributed by atoms with van der Waals surface area (Å²) >= 11 is 0. The molecule has 10 aromatic rings. The quantitative estimate of drug-likeness (QED) is 0.183. The van der Waals surface area contributed by atoms with Crippen LogP contribution in [0.1, 0.15) is 0 Å². The fourth-order valence-electron chi connectivity index (χ4n) is 7.22. The molecule has 0 aliphatic rings. The molecule has 4 heteroatoms. The highest BCUT2D eigenvalue weighted by Crippen LogP contribution is 2.44. The predicted octanol–water partition coefficient (Wildman–Crippen LogP) is 11.9. The van der Waals surface area contributed by atoms with Crippen LogP contribution in [-0.2, 0) is 0 Å². The lowest BCUT2D eigenvalue weighted by atomic mass is 9.88. The van der Waals surface area contributed by atoms with E-state index in [1.54, 1.807) is 0 Å². The molecule has 10 rings (SSSR count). The zero-order chi connectivity index (χ0) is 32.3. The van der Waals surface area contributed by atoms with Crippen molar-refractivity contribution in [2.24, 2.45) is 0 Å². The Morgan fingerprint density at radius 1 is 0.306 bits per heavy atom. The van der Waals surface area contributed by atoms with Crippen molar-refractivity contribution in [2.75, 3.05) is 0 Å². The van der Waals surface area contributed by atoms with Crippen LogP contribution in [0.5, 0.6) is 0 Å². The van der Waals surface area contributed by atoms with Crippen molar-refractivity contribution in [2.45, 2.75) is 0 Å². The average Bonchev–Trinajstić information content (AvgIpc) is 3.52. The van der Waals surface area contributed by atoms with Crippen molar-refractivity contribution in [3.05, 3.63) is 164 Å². The third-order valence-electron chi connectivity index (χ3n) is 9.48. The van der Waals surface area contributed by atoms with Crippen molar-refractivity contribution in [3.63, 3.8) is 0 Å². The number of furan rings is 1. The van der Waals surface area contributed by atoms with Crippen LogP contribution < -0.4 is 0 Å². The number of rotatable bonds is 4. The van der Waals surface area contributed by atoms with Gasteiger partial charge in [0.15, 0.2) is 17.5 Å². The molecule has 0 spiro atoms. The van der Waals surface area contributed by atoms with Gasteiger partial charge in [0.1, 0.15) is 11.2 Å². The van der Waals surface area contributed by atoms with Gasteiger partial charge >= 0.3 is 0 Å². The normalized spacial score (nSPS) is 11.7. The second-order valence-electron chi connectivity index (χ2n) is 12.4. The zero-order valence-corrected chi connectivity index (χ0v) is 26.3. The molecule has 8 aromatic carbocycles. The second kappa shape index (κ2) is 11.0. The monoisotopic (exact) mass is 625 g/mol. The van der Waals surface area contributed by atoms with E-state index in [9.17, 15) is 0 Å². The molecule has 0 bridgehead atoms. The third kappa shape index (κ3) is 4.49. The van der Waals surface area contributed by atoms with Gasteiger partial charge < -0.3 is 4.42 Å². The number of nitrogens with zero attached hydrogens (tertiary/aromatic N) is 3. The number of aromatic nitrogens is 3. The summed E-state index contributed by atoms with van der Waals surface area (Å²) in [6.07, 6.45) is 0. The van der Waals surface area contributed by atoms with E-state index >= 15 is 0 Å². The Morgan fingerprint density at radius 2 is 0.776 bits per heavy atom. The minimum Gasteiger partial charge on any atom is -0.456 e. The first kappa shape index (κ1) is 27.5. The Kier molecular flexibility index (Phi) is 6.15. The molecule has 0 unspecified atom stereocenters. The lowest BCUT2D eigenvalue weighted by molar-refractivity contribution is 0.669. The number of hydrogen-bond donors (Lipinski definition) is 0. The highest BCUT2D eigenvalue weighted by Gasteiger charge is 2.21. The number of hydrogen-bond acceptors (Lipinski definition) is 4. The Bertz CT molecular complexity index is 2760. The molecule has 0 fully saturated rings. The maximum Gasteiger partial charge on any atom is 0.165 e. The van der Waals surface area contributed by atoms with E-state index in [4.69, 9.17) is 19.4 Å². The molecule has 4 nitrogen and oxygen atoms in total. The van der Waals surface area contributed by atoms with Crippen LogP contribution in [0.2, 0.25) is 0 Å². The summed E-state index contributed by atoms with van der Waals surface area (Å²) in [5, 5.41) is 9.03. The molecular weight excluding hydrogens is 599 g/mol. The van der Waals surface area contributed by atoms with Crippen molar-refractivity contribution in [1.29, 1.82) is 0 Å². The number of fused-ring (bicyclic) bond motifs is 6.